The normalized spacial score (nSPS) is 29.8. The van der Waals surface area contributed by atoms with Crippen LogP contribution in [0.15, 0.2) is 24.4 Å². The molecule has 25 heavy (non-hydrogen) atoms. The van der Waals surface area contributed by atoms with Gasteiger partial charge in [0.2, 0.25) is 5.91 Å². The van der Waals surface area contributed by atoms with Gasteiger partial charge in [0, 0.05) is 50.4 Å². The van der Waals surface area contributed by atoms with Crippen molar-refractivity contribution in [1.82, 2.24) is 15.2 Å². The van der Waals surface area contributed by atoms with Crippen LogP contribution >= 0.6 is 0 Å². The molecule has 3 aliphatic rings. The summed E-state index contributed by atoms with van der Waals surface area (Å²) in [4.78, 5) is 19.3. The van der Waals surface area contributed by atoms with E-state index in [2.05, 4.69) is 15.2 Å². The van der Waals surface area contributed by atoms with Gasteiger partial charge in [-0.15, -0.1) is 0 Å². The van der Waals surface area contributed by atoms with Gasteiger partial charge in [-0.2, -0.15) is 0 Å². The Hall–Kier alpha value is -1.46. The van der Waals surface area contributed by atoms with Crippen molar-refractivity contribution in [3.05, 3.63) is 30.1 Å². The van der Waals surface area contributed by atoms with Gasteiger partial charge >= 0.3 is 0 Å². The van der Waals surface area contributed by atoms with Crippen LogP contribution in [-0.4, -0.2) is 54.7 Å². The zero-order valence-corrected chi connectivity index (χ0v) is 14.9. The van der Waals surface area contributed by atoms with Gasteiger partial charge in [0.25, 0.3) is 0 Å². The zero-order chi connectivity index (χ0) is 17.1. The van der Waals surface area contributed by atoms with Gasteiger partial charge in [0.15, 0.2) is 0 Å². The predicted molar refractivity (Wildman–Crippen MR) is 96.1 cm³/mol. The van der Waals surface area contributed by atoms with E-state index >= 15 is 0 Å². The third-order valence-electron chi connectivity index (χ3n) is 6.26. The third-order valence-corrected chi connectivity index (χ3v) is 6.26. The van der Waals surface area contributed by atoms with E-state index in [-0.39, 0.29) is 5.91 Å². The average molecular weight is 343 g/mol. The summed E-state index contributed by atoms with van der Waals surface area (Å²) < 4.78 is 5.83. The van der Waals surface area contributed by atoms with Crippen LogP contribution in [0, 0.1) is 17.8 Å². The molecule has 1 aromatic heterocycles. The van der Waals surface area contributed by atoms with Crippen molar-refractivity contribution in [1.29, 1.82) is 0 Å². The van der Waals surface area contributed by atoms with E-state index in [4.69, 9.17) is 4.74 Å². The summed E-state index contributed by atoms with van der Waals surface area (Å²) in [5, 5.41) is 3.07. The second-order valence-electron chi connectivity index (χ2n) is 7.89. The Labute approximate surface area is 150 Å². The number of pyridine rings is 1. The highest BCUT2D eigenvalue weighted by molar-refractivity contribution is 5.76. The molecule has 2 aliphatic heterocycles. The lowest BCUT2D eigenvalue weighted by Crippen LogP contribution is -2.39. The second-order valence-corrected chi connectivity index (χ2v) is 7.89. The molecule has 3 fully saturated rings. The van der Waals surface area contributed by atoms with Crippen LogP contribution in [0.1, 0.15) is 31.4 Å². The van der Waals surface area contributed by atoms with E-state index in [1.165, 1.54) is 32.4 Å². The van der Waals surface area contributed by atoms with Crippen molar-refractivity contribution in [2.45, 2.75) is 38.1 Å². The highest BCUT2D eigenvalue weighted by Crippen LogP contribution is 2.39. The lowest BCUT2D eigenvalue weighted by molar-refractivity contribution is -0.124. The van der Waals surface area contributed by atoms with E-state index in [1.54, 1.807) is 6.20 Å². The van der Waals surface area contributed by atoms with E-state index in [9.17, 15) is 4.79 Å². The smallest absolute Gasteiger partial charge is 0.220 e. The van der Waals surface area contributed by atoms with E-state index in [0.29, 0.717) is 30.7 Å². The second kappa shape index (κ2) is 7.83. The van der Waals surface area contributed by atoms with Gasteiger partial charge in [-0.05, 0) is 42.7 Å². The van der Waals surface area contributed by atoms with Crippen molar-refractivity contribution in [3.63, 3.8) is 0 Å². The Kier molecular flexibility index (Phi) is 5.32. The fourth-order valence-corrected chi connectivity index (χ4v) is 4.58. The van der Waals surface area contributed by atoms with Crippen LogP contribution in [0.4, 0.5) is 0 Å². The van der Waals surface area contributed by atoms with E-state index in [0.717, 1.165) is 31.4 Å². The minimum Gasteiger partial charge on any atom is -0.381 e. The minimum atomic E-state index is 0.160. The van der Waals surface area contributed by atoms with Gasteiger partial charge < -0.3 is 10.1 Å². The molecule has 0 bridgehead atoms. The van der Waals surface area contributed by atoms with Crippen LogP contribution in [-0.2, 0) is 16.0 Å². The lowest BCUT2D eigenvalue weighted by atomic mass is 9.81. The first-order valence-electron chi connectivity index (χ1n) is 9.78. The fraction of sp³-hybridized carbons (Fsp3) is 0.700. The SMILES string of the molecule is O=C(C[C@@H]1COC[C@H]2CN(C3CCC3)C[C@@H]12)NCCc1ccccn1. The van der Waals surface area contributed by atoms with Gasteiger partial charge in [-0.3, -0.25) is 14.7 Å². The molecule has 0 unspecified atom stereocenters. The summed E-state index contributed by atoms with van der Waals surface area (Å²) in [6, 6.07) is 6.70. The number of carbonyl (C=O) groups excluding carboxylic acids is 1. The maximum Gasteiger partial charge on any atom is 0.220 e. The summed E-state index contributed by atoms with van der Waals surface area (Å²) in [6.45, 7) is 4.63. The standard InChI is InChI=1S/C20H29N3O2/c24-20(22-9-7-17-4-1-2-8-21-17)10-15-13-25-14-16-11-23(12-19(15)16)18-5-3-6-18/h1-2,4,8,15-16,18-19H,3,5-7,9-14H2,(H,22,24)/t15-,16-,19+/m1/s1. The summed E-state index contributed by atoms with van der Waals surface area (Å²) in [5.41, 5.74) is 1.02. The summed E-state index contributed by atoms with van der Waals surface area (Å²) >= 11 is 0. The average Bonchev–Trinajstić information content (AvgIpc) is 2.98. The molecule has 0 aromatic carbocycles. The van der Waals surface area contributed by atoms with E-state index in [1.807, 2.05) is 18.2 Å². The molecule has 4 rings (SSSR count). The highest BCUT2D eigenvalue weighted by Gasteiger charge is 2.44. The number of hydrogen-bond donors (Lipinski definition) is 1. The Morgan fingerprint density at radius 3 is 2.96 bits per heavy atom. The molecule has 1 saturated carbocycles. The highest BCUT2D eigenvalue weighted by atomic mass is 16.5. The summed E-state index contributed by atoms with van der Waals surface area (Å²) in [7, 11) is 0. The Bertz CT molecular complexity index is 576. The van der Waals surface area contributed by atoms with Crippen molar-refractivity contribution in [2.24, 2.45) is 17.8 Å². The predicted octanol–water partition coefficient (Wildman–Crippen LogP) is 1.88. The van der Waals surface area contributed by atoms with Gasteiger partial charge in [0.1, 0.15) is 0 Å². The molecule has 1 aliphatic carbocycles. The summed E-state index contributed by atoms with van der Waals surface area (Å²) in [6.07, 6.45) is 7.29. The first-order valence-corrected chi connectivity index (χ1v) is 9.78. The number of hydrogen-bond acceptors (Lipinski definition) is 4. The number of carbonyl (C=O) groups is 1. The van der Waals surface area contributed by atoms with Crippen molar-refractivity contribution < 1.29 is 9.53 Å². The summed E-state index contributed by atoms with van der Waals surface area (Å²) in [5.74, 6) is 1.79. The van der Waals surface area contributed by atoms with Gasteiger partial charge in [-0.1, -0.05) is 12.5 Å². The van der Waals surface area contributed by atoms with Crippen LogP contribution in [0.5, 0.6) is 0 Å². The molecular weight excluding hydrogens is 314 g/mol. The lowest BCUT2D eigenvalue weighted by Gasteiger charge is -2.35. The first-order chi connectivity index (χ1) is 12.3. The van der Waals surface area contributed by atoms with Gasteiger partial charge in [-0.25, -0.2) is 0 Å². The van der Waals surface area contributed by atoms with Crippen LogP contribution < -0.4 is 5.32 Å². The number of rotatable bonds is 6. The number of ether oxygens (including phenoxy) is 1. The number of fused-ring (bicyclic) bond motifs is 1. The number of aromatic nitrogens is 1. The molecule has 5 nitrogen and oxygen atoms in total. The molecule has 0 radical (unpaired) electrons. The molecule has 5 heteroatoms. The van der Waals surface area contributed by atoms with Crippen LogP contribution in [0.25, 0.3) is 0 Å². The minimum absolute atomic E-state index is 0.160. The molecule has 0 spiro atoms. The Morgan fingerprint density at radius 2 is 2.20 bits per heavy atom. The zero-order valence-electron chi connectivity index (χ0n) is 14.9. The maximum absolute atomic E-state index is 12.4. The molecule has 1 N–H and O–H groups in total. The quantitative estimate of drug-likeness (QED) is 0.857. The first kappa shape index (κ1) is 17.0. The molecule has 136 valence electrons. The largest absolute Gasteiger partial charge is 0.381 e. The third kappa shape index (κ3) is 4.04. The number of likely N-dealkylation sites (tertiary alicyclic amines) is 1. The maximum atomic E-state index is 12.4. The number of nitrogens with one attached hydrogen (secondary N) is 1. The molecule has 3 heterocycles. The van der Waals surface area contributed by atoms with Crippen molar-refractivity contribution in [3.8, 4) is 0 Å². The monoisotopic (exact) mass is 343 g/mol. The van der Waals surface area contributed by atoms with Crippen LogP contribution in [0.3, 0.4) is 0 Å². The Morgan fingerprint density at radius 1 is 1.28 bits per heavy atom. The molecular formula is C20H29N3O2. The topological polar surface area (TPSA) is 54.5 Å². The molecule has 1 aromatic rings. The van der Waals surface area contributed by atoms with Gasteiger partial charge in [0.05, 0.1) is 13.2 Å². The van der Waals surface area contributed by atoms with Crippen LogP contribution in [0.2, 0.25) is 0 Å². The number of amides is 1. The fourth-order valence-electron chi connectivity index (χ4n) is 4.58. The Balaban J connectivity index is 1.24. The molecule has 2 saturated heterocycles. The number of nitrogens with zero attached hydrogens (tertiary/aromatic N) is 2. The van der Waals surface area contributed by atoms with Crippen molar-refractivity contribution >= 4 is 5.91 Å². The molecule has 1 amide bonds. The van der Waals surface area contributed by atoms with E-state index < -0.39 is 0 Å². The van der Waals surface area contributed by atoms with Crippen molar-refractivity contribution in [2.75, 3.05) is 32.8 Å². The molecule has 3 atom stereocenters.